The van der Waals surface area contributed by atoms with Gasteiger partial charge in [0.2, 0.25) is 5.91 Å². The number of ether oxygens (including phenoxy) is 2. The van der Waals surface area contributed by atoms with Gasteiger partial charge in [0.1, 0.15) is 23.4 Å². The summed E-state index contributed by atoms with van der Waals surface area (Å²) in [7, 11) is 1.59. The summed E-state index contributed by atoms with van der Waals surface area (Å²) in [5.74, 6) is 0.155. The number of carbonyl (C=O) groups excluding carboxylic acids is 3. The van der Waals surface area contributed by atoms with Crippen molar-refractivity contribution in [3.8, 4) is 5.75 Å². The maximum Gasteiger partial charge on any atom is 0.408 e. The minimum absolute atomic E-state index is 0.115. The Hall–Kier alpha value is -3.55. The lowest BCUT2D eigenvalue weighted by Crippen LogP contribution is -2.53. The lowest BCUT2D eigenvalue weighted by Gasteiger charge is -2.35. The number of nitrogens with one attached hydrogen (secondary N) is 2. The van der Waals surface area contributed by atoms with Crippen LogP contribution in [-0.2, 0) is 14.3 Å². The lowest BCUT2D eigenvalue weighted by molar-refractivity contribution is -0.141. The standard InChI is InChI=1S/C33H49N3O5/c1-10-11-12-19-36(31(38)28(20-22(2)3)35-32(39)41-33(6,7)8)29(27-18-13-23(4)21-24(27)5)30(37)34-25-14-16-26(40-9)17-15-25/h13-18,21-22,28-29H,10-12,19-20H2,1-9H3,(H,34,37)(H,35,39). The Morgan fingerprint density at radius 3 is 2.17 bits per heavy atom. The Kier molecular flexibility index (Phi) is 12.7. The molecule has 2 unspecified atom stereocenters. The van der Waals surface area contributed by atoms with Crippen LogP contribution >= 0.6 is 0 Å². The molecule has 0 spiro atoms. The van der Waals surface area contributed by atoms with Gasteiger partial charge in [0.25, 0.3) is 5.91 Å². The minimum atomic E-state index is -0.905. The third-order valence-corrected chi connectivity index (χ3v) is 6.62. The van der Waals surface area contributed by atoms with Gasteiger partial charge in [-0.2, -0.15) is 0 Å². The average Bonchev–Trinajstić information content (AvgIpc) is 2.87. The van der Waals surface area contributed by atoms with Gasteiger partial charge in [0.15, 0.2) is 0 Å². The van der Waals surface area contributed by atoms with Gasteiger partial charge in [-0.1, -0.05) is 57.4 Å². The van der Waals surface area contributed by atoms with Gasteiger partial charge < -0.3 is 25.0 Å². The smallest absolute Gasteiger partial charge is 0.408 e. The third kappa shape index (κ3) is 10.7. The summed E-state index contributed by atoms with van der Waals surface area (Å²) >= 11 is 0. The van der Waals surface area contributed by atoms with Crippen LogP contribution in [0.3, 0.4) is 0 Å². The number of unbranched alkanes of at least 4 members (excludes halogenated alkanes) is 2. The number of methoxy groups -OCH3 is 1. The maximum absolute atomic E-state index is 14.4. The number of rotatable bonds is 13. The van der Waals surface area contributed by atoms with Crippen molar-refractivity contribution in [2.45, 2.75) is 98.8 Å². The SMILES string of the molecule is CCCCCN(C(=O)C(CC(C)C)NC(=O)OC(C)(C)C)C(C(=O)Nc1ccc(OC)cc1)c1ccc(C)cc1C. The first-order chi connectivity index (χ1) is 19.2. The summed E-state index contributed by atoms with van der Waals surface area (Å²) in [4.78, 5) is 42.9. The summed E-state index contributed by atoms with van der Waals surface area (Å²) in [6.45, 7) is 15.7. The van der Waals surface area contributed by atoms with Gasteiger partial charge in [0, 0.05) is 12.2 Å². The fraction of sp³-hybridized carbons (Fsp3) is 0.545. The largest absolute Gasteiger partial charge is 0.497 e. The molecule has 0 bridgehead atoms. The molecule has 0 saturated heterocycles. The van der Waals surface area contributed by atoms with E-state index in [2.05, 4.69) is 17.6 Å². The van der Waals surface area contributed by atoms with Crippen molar-refractivity contribution in [3.63, 3.8) is 0 Å². The van der Waals surface area contributed by atoms with E-state index < -0.39 is 23.8 Å². The Labute approximate surface area is 246 Å². The van der Waals surface area contributed by atoms with Crippen LogP contribution in [-0.4, -0.2) is 48.1 Å². The number of alkyl carbamates (subject to hydrolysis) is 1. The van der Waals surface area contributed by atoms with Crippen LogP contribution in [0, 0.1) is 19.8 Å². The van der Waals surface area contributed by atoms with Crippen molar-refractivity contribution in [2.75, 3.05) is 19.0 Å². The Morgan fingerprint density at radius 1 is 0.976 bits per heavy atom. The number of amides is 3. The molecule has 41 heavy (non-hydrogen) atoms. The van der Waals surface area contributed by atoms with Crippen molar-refractivity contribution in [2.24, 2.45) is 5.92 Å². The number of hydrogen-bond acceptors (Lipinski definition) is 5. The number of aryl methyl sites for hydroxylation is 2. The number of anilines is 1. The lowest BCUT2D eigenvalue weighted by atomic mass is 9.95. The highest BCUT2D eigenvalue weighted by Gasteiger charge is 2.37. The first-order valence-electron chi connectivity index (χ1n) is 14.6. The molecule has 2 N–H and O–H groups in total. The molecule has 0 radical (unpaired) electrons. The van der Waals surface area contributed by atoms with E-state index in [4.69, 9.17) is 9.47 Å². The molecule has 0 aliphatic heterocycles. The summed E-state index contributed by atoms with van der Waals surface area (Å²) in [5.41, 5.74) is 2.60. The molecule has 0 saturated carbocycles. The molecule has 0 aliphatic carbocycles. The normalized spacial score (nSPS) is 12.8. The molecular formula is C33H49N3O5. The van der Waals surface area contributed by atoms with Crippen molar-refractivity contribution in [1.82, 2.24) is 10.2 Å². The van der Waals surface area contributed by atoms with Crippen molar-refractivity contribution >= 4 is 23.6 Å². The molecule has 3 amide bonds. The van der Waals surface area contributed by atoms with Crippen LogP contribution in [0.4, 0.5) is 10.5 Å². The molecule has 226 valence electrons. The highest BCUT2D eigenvalue weighted by Crippen LogP contribution is 2.29. The molecule has 2 aromatic carbocycles. The average molecular weight is 568 g/mol. The van der Waals surface area contributed by atoms with Gasteiger partial charge >= 0.3 is 6.09 Å². The number of hydrogen-bond donors (Lipinski definition) is 2. The van der Waals surface area contributed by atoms with E-state index in [-0.39, 0.29) is 17.7 Å². The summed E-state index contributed by atoms with van der Waals surface area (Å²) in [5, 5.41) is 5.82. The highest BCUT2D eigenvalue weighted by atomic mass is 16.6. The monoisotopic (exact) mass is 567 g/mol. The molecule has 8 nitrogen and oxygen atoms in total. The predicted molar refractivity (Wildman–Crippen MR) is 164 cm³/mol. The Bertz CT molecular complexity index is 1150. The van der Waals surface area contributed by atoms with E-state index in [0.717, 1.165) is 36.0 Å². The van der Waals surface area contributed by atoms with Crippen LogP contribution in [0.2, 0.25) is 0 Å². The second-order valence-corrected chi connectivity index (χ2v) is 12.0. The molecular weight excluding hydrogens is 518 g/mol. The molecule has 0 aliphatic rings. The van der Waals surface area contributed by atoms with Crippen molar-refractivity contribution < 1.29 is 23.9 Å². The second-order valence-electron chi connectivity index (χ2n) is 12.0. The van der Waals surface area contributed by atoms with Crippen LogP contribution in [0.5, 0.6) is 5.75 Å². The second kappa shape index (κ2) is 15.5. The molecule has 0 heterocycles. The van der Waals surface area contributed by atoms with Gasteiger partial charge in [-0.05, 0) is 88.8 Å². The van der Waals surface area contributed by atoms with Crippen LogP contribution in [0.25, 0.3) is 0 Å². The van der Waals surface area contributed by atoms with E-state index in [9.17, 15) is 14.4 Å². The molecule has 2 atom stereocenters. The molecule has 2 aromatic rings. The van der Waals surface area contributed by atoms with Crippen LogP contribution < -0.4 is 15.4 Å². The van der Waals surface area contributed by atoms with Gasteiger partial charge in [-0.25, -0.2) is 4.79 Å². The van der Waals surface area contributed by atoms with Crippen LogP contribution in [0.1, 0.15) is 90.0 Å². The molecule has 0 aromatic heterocycles. The quantitative estimate of drug-likeness (QED) is 0.255. The zero-order valence-electron chi connectivity index (χ0n) is 26.3. The van der Waals surface area contributed by atoms with Crippen molar-refractivity contribution in [3.05, 3.63) is 59.2 Å². The highest BCUT2D eigenvalue weighted by molar-refractivity contribution is 5.99. The Morgan fingerprint density at radius 2 is 1.63 bits per heavy atom. The molecule has 0 fully saturated rings. The predicted octanol–water partition coefficient (Wildman–Crippen LogP) is 6.95. The number of carbonyl (C=O) groups is 3. The van der Waals surface area contributed by atoms with E-state index >= 15 is 0 Å². The Balaban J connectivity index is 2.57. The minimum Gasteiger partial charge on any atom is -0.497 e. The summed E-state index contributed by atoms with van der Waals surface area (Å²) < 4.78 is 10.7. The van der Waals surface area contributed by atoms with E-state index in [1.807, 2.05) is 45.9 Å². The van der Waals surface area contributed by atoms with E-state index in [1.54, 1.807) is 57.0 Å². The summed E-state index contributed by atoms with van der Waals surface area (Å²) in [6, 6.07) is 11.2. The van der Waals surface area contributed by atoms with E-state index in [0.29, 0.717) is 24.4 Å². The van der Waals surface area contributed by atoms with E-state index in [1.165, 1.54) is 0 Å². The first-order valence-corrected chi connectivity index (χ1v) is 14.6. The fourth-order valence-corrected chi connectivity index (χ4v) is 4.71. The molecule has 8 heteroatoms. The zero-order valence-corrected chi connectivity index (χ0v) is 26.3. The van der Waals surface area contributed by atoms with Gasteiger partial charge in [-0.15, -0.1) is 0 Å². The van der Waals surface area contributed by atoms with Crippen molar-refractivity contribution in [1.29, 1.82) is 0 Å². The molecule has 2 rings (SSSR count). The summed E-state index contributed by atoms with van der Waals surface area (Å²) in [6.07, 6.45) is 2.33. The zero-order chi connectivity index (χ0) is 30.7. The number of nitrogens with zero attached hydrogens (tertiary/aromatic N) is 1. The fourth-order valence-electron chi connectivity index (χ4n) is 4.71. The third-order valence-electron chi connectivity index (χ3n) is 6.62. The topological polar surface area (TPSA) is 97.0 Å². The number of benzene rings is 2. The first kappa shape index (κ1) is 33.7. The maximum atomic E-state index is 14.4. The van der Waals surface area contributed by atoms with Gasteiger partial charge in [0.05, 0.1) is 7.11 Å². The van der Waals surface area contributed by atoms with Gasteiger partial charge in [-0.3, -0.25) is 9.59 Å². The van der Waals surface area contributed by atoms with Crippen LogP contribution in [0.15, 0.2) is 42.5 Å².